The highest BCUT2D eigenvalue weighted by Crippen LogP contribution is 2.22. The highest BCUT2D eigenvalue weighted by atomic mass is 32.2. The molecule has 3 heteroatoms. The van der Waals surface area contributed by atoms with Crippen LogP contribution in [-0.4, -0.2) is 10.1 Å². The number of amidine groups is 1. The minimum atomic E-state index is 1.00. The molecule has 0 bridgehead atoms. The van der Waals surface area contributed by atoms with Gasteiger partial charge in [-0.25, -0.2) is 0 Å². The standard InChI is InChI=1S/C5H3N2S/c1-2-7-3-4-8-5(7)6-1/h2-4H/q+1. The summed E-state index contributed by atoms with van der Waals surface area (Å²) in [6.07, 6.45) is 6.51. The van der Waals surface area contributed by atoms with Crippen LogP contribution in [0.3, 0.4) is 0 Å². The van der Waals surface area contributed by atoms with Gasteiger partial charge in [-0.2, -0.15) is 4.90 Å². The van der Waals surface area contributed by atoms with Crippen molar-refractivity contribution >= 4 is 16.9 Å². The zero-order chi connectivity index (χ0) is 5.40. The molecule has 0 unspecified atom stereocenters. The van der Waals surface area contributed by atoms with Crippen LogP contribution in [0.1, 0.15) is 0 Å². The SMILES string of the molecule is [C+]1=CN2C=CSC2=N1. The summed E-state index contributed by atoms with van der Waals surface area (Å²) in [5.41, 5.74) is 0. The predicted molar refractivity (Wildman–Crippen MR) is 33.8 cm³/mol. The Balaban J connectivity index is 2.39. The van der Waals surface area contributed by atoms with E-state index in [1.54, 1.807) is 11.8 Å². The van der Waals surface area contributed by atoms with Gasteiger partial charge in [0.05, 0.1) is 0 Å². The number of nitrogens with zero attached hydrogens (tertiary/aromatic N) is 2. The van der Waals surface area contributed by atoms with Gasteiger partial charge in [0.2, 0.25) is 6.20 Å². The monoisotopic (exact) mass is 123 g/mol. The molecule has 2 aliphatic rings. The lowest BCUT2D eigenvalue weighted by Gasteiger charge is -1.89. The van der Waals surface area contributed by atoms with Gasteiger partial charge >= 0.3 is 5.17 Å². The number of rotatable bonds is 0. The average Bonchev–Trinajstić information content (AvgIpc) is 2.15. The zero-order valence-electron chi connectivity index (χ0n) is 4.03. The molecule has 0 amide bonds. The van der Waals surface area contributed by atoms with Crippen LogP contribution in [0.25, 0.3) is 0 Å². The summed E-state index contributed by atoms with van der Waals surface area (Å²) in [7, 11) is 0. The van der Waals surface area contributed by atoms with E-state index >= 15 is 0 Å². The largest absolute Gasteiger partial charge is 0.331 e. The second kappa shape index (κ2) is 1.34. The maximum atomic E-state index is 3.94. The molecule has 0 fully saturated rings. The van der Waals surface area contributed by atoms with E-state index in [2.05, 4.69) is 11.2 Å². The molecular formula is C5H3N2S+. The third kappa shape index (κ3) is 0.399. The molecule has 0 saturated carbocycles. The summed E-state index contributed by atoms with van der Waals surface area (Å²) in [5, 5.41) is 3.00. The minimum absolute atomic E-state index is 1.00. The fourth-order valence-electron chi connectivity index (χ4n) is 0.610. The summed E-state index contributed by atoms with van der Waals surface area (Å²) < 4.78 is 0. The van der Waals surface area contributed by atoms with Gasteiger partial charge in [-0.3, -0.25) is 0 Å². The fraction of sp³-hybridized carbons (Fsp3) is 0. The molecule has 0 aromatic heterocycles. The van der Waals surface area contributed by atoms with Crippen LogP contribution >= 0.6 is 11.8 Å². The van der Waals surface area contributed by atoms with E-state index < -0.39 is 0 Å². The van der Waals surface area contributed by atoms with Crippen LogP contribution in [-0.2, 0) is 0 Å². The van der Waals surface area contributed by atoms with Crippen LogP contribution in [0.4, 0.5) is 0 Å². The highest BCUT2D eigenvalue weighted by molar-refractivity contribution is 8.16. The topological polar surface area (TPSA) is 15.6 Å². The average molecular weight is 123 g/mol. The lowest BCUT2D eigenvalue weighted by atomic mass is 10.8. The molecule has 0 N–H and O–H groups in total. The molecule has 0 atom stereocenters. The molecule has 2 heterocycles. The number of hydrogen-bond acceptors (Lipinski definition) is 3. The molecule has 0 spiro atoms. The molecule has 0 aliphatic carbocycles. The van der Waals surface area contributed by atoms with Gasteiger partial charge in [-0.1, -0.05) is 0 Å². The first-order valence-electron chi connectivity index (χ1n) is 2.25. The second-order valence-corrected chi connectivity index (χ2v) is 2.34. The van der Waals surface area contributed by atoms with Crippen molar-refractivity contribution in [2.45, 2.75) is 0 Å². The highest BCUT2D eigenvalue weighted by Gasteiger charge is 2.25. The van der Waals surface area contributed by atoms with E-state index in [0.717, 1.165) is 5.17 Å². The Labute approximate surface area is 51.6 Å². The Hall–Kier alpha value is -0.790. The summed E-state index contributed by atoms with van der Waals surface area (Å²) in [6.45, 7) is 0. The first-order valence-corrected chi connectivity index (χ1v) is 3.13. The maximum Gasteiger partial charge on any atom is 0.331 e. The Morgan fingerprint density at radius 3 is 3.62 bits per heavy atom. The summed E-state index contributed by atoms with van der Waals surface area (Å²) in [5.74, 6) is 0. The van der Waals surface area contributed by atoms with E-state index in [1.165, 1.54) is 0 Å². The van der Waals surface area contributed by atoms with Crippen molar-refractivity contribution in [2.75, 3.05) is 0 Å². The third-order valence-corrected chi connectivity index (χ3v) is 1.74. The number of aliphatic imine (C=N–C) groups is 1. The summed E-state index contributed by atoms with van der Waals surface area (Å²) >= 11 is 1.61. The van der Waals surface area contributed by atoms with Gasteiger partial charge < -0.3 is 0 Å². The van der Waals surface area contributed by atoms with Crippen LogP contribution in [0.2, 0.25) is 0 Å². The van der Waals surface area contributed by atoms with E-state index in [-0.39, 0.29) is 0 Å². The van der Waals surface area contributed by atoms with E-state index in [4.69, 9.17) is 0 Å². The van der Waals surface area contributed by atoms with Gasteiger partial charge in [0.1, 0.15) is 0 Å². The molecule has 2 rings (SSSR count). The van der Waals surface area contributed by atoms with Crippen molar-refractivity contribution in [1.29, 1.82) is 0 Å². The molecular weight excluding hydrogens is 120 g/mol. The fourth-order valence-corrected chi connectivity index (χ4v) is 1.26. The van der Waals surface area contributed by atoms with E-state index in [0.29, 0.717) is 0 Å². The molecule has 38 valence electrons. The number of fused-ring (bicyclic) bond motifs is 1. The van der Waals surface area contributed by atoms with Gasteiger partial charge in [0.15, 0.2) is 6.20 Å². The van der Waals surface area contributed by atoms with Crippen molar-refractivity contribution in [3.63, 3.8) is 0 Å². The first kappa shape index (κ1) is 4.13. The van der Waals surface area contributed by atoms with Crippen molar-refractivity contribution in [3.05, 3.63) is 24.0 Å². The maximum absolute atomic E-state index is 3.94. The second-order valence-electron chi connectivity index (χ2n) is 1.46. The summed E-state index contributed by atoms with van der Waals surface area (Å²) in [6, 6.07) is 0. The van der Waals surface area contributed by atoms with Crippen molar-refractivity contribution in [3.8, 4) is 0 Å². The summed E-state index contributed by atoms with van der Waals surface area (Å²) in [4.78, 5) is 5.87. The normalized spacial score (nSPS) is 21.0. The Morgan fingerprint density at radius 2 is 2.75 bits per heavy atom. The lowest BCUT2D eigenvalue weighted by Crippen LogP contribution is -2.06. The van der Waals surface area contributed by atoms with Crippen molar-refractivity contribution in [2.24, 2.45) is 4.99 Å². The molecule has 2 aliphatic heterocycles. The molecule has 0 saturated heterocycles. The molecule has 0 aromatic rings. The molecule has 8 heavy (non-hydrogen) atoms. The van der Waals surface area contributed by atoms with Gasteiger partial charge in [0.25, 0.3) is 0 Å². The van der Waals surface area contributed by atoms with Crippen LogP contribution < -0.4 is 0 Å². The quantitative estimate of drug-likeness (QED) is 0.449. The van der Waals surface area contributed by atoms with Crippen LogP contribution in [0.5, 0.6) is 0 Å². The smallest absolute Gasteiger partial charge is 0.194 e. The molecule has 0 aromatic carbocycles. The molecule has 2 nitrogen and oxygen atoms in total. The van der Waals surface area contributed by atoms with Gasteiger partial charge in [-0.15, -0.1) is 0 Å². The Morgan fingerprint density at radius 1 is 1.75 bits per heavy atom. The van der Waals surface area contributed by atoms with Crippen LogP contribution in [0, 0.1) is 6.20 Å². The van der Waals surface area contributed by atoms with Gasteiger partial charge in [0, 0.05) is 28.4 Å². The third-order valence-electron chi connectivity index (χ3n) is 0.973. The number of hydrogen-bond donors (Lipinski definition) is 0. The number of thioether (sulfide) groups is 1. The van der Waals surface area contributed by atoms with E-state index in [9.17, 15) is 0 Å². The van der Waals surface area contributed by atoms with Crippen LogP contribution in [0.15, 0.2) is 22.8 Å². The lowest BCUT2D eigenvalue weighted by molar-refractivity contribution is 0.802. The zero-order valence-corrected chi connectivity index (χ0v) is 4.85. The van der Waals surface area contributed by atoms with E-state index in [1.807, 2.05) is 22.7 Å². The Kier molecular flexibility index (Phi) is 0.692. The molecule has 0 radical (unpaired) electrons. The Bertz CT molecular complexity index is 193. The van der Waals surface area contributed by atoms with Crippen molar-refractivity contribution < 1.29 is 0 Å². The predicted octanol–water partition coefficient (Wildman–Crippen LogP) is 1.15. The first-order chi connectivity index (χ1) is 3.97. The van der Waals surface area contributed by atoms with Crippen molar-refractivity contribution in [1.82, 2.24) is 4.90 Å². The van der Waals surface area contributed by atoms with Gasteiger partial charge in [-0.05, 0) is 0 Å². The minimum Gasteiger partial charge on any atom is -0.194 e.